The third-order valence-electron chi connectivity index (χ3n) is 2.42. The molecule has 112 valence electrons. The third kappa shape index (κ3) is 5.19. The number of rotatable bonds is 4. The molecule has 9 heteroatoms. The van der Waals surface area contributed by atoms with E-state index in [1.807, 2.05) is 6.07 Å². The van der Waals surface area contributed by atoms with Gasteiger partial charge in [-0.15, -0.1) is 10.2 Å². The van der Waals surface area contributed by atoms with Crippen LogP contribution in [-0.4, -0.2) is 23.3 Å². The Morgan fingerprint density at radius 1 is 0.714 bits per heavy atom. The van der Waals surface area contributed by atoms with E-state index in [1.165, 1.54) is 0 Å². The van der Waals surface area contributed by atoms with Gasteiger partial charge < -0.3 is 28.7 Å². The molecule has 1 aromatic carbocycles. The second-order valence-corrected chi connectivity index (χ2v) is 4.26. The minimum absolute atomic E-state index is 0.121. The van der Waals surface area contributed by atoms with Crippen LogP contribution >= 0.6 is 0 Å². The molecule has 1 rings (SSSR count). The van der Waals surface area contributed by atoms with E-state index in [9.17, 15) is 0 Å². The Hall–Kier alpha value is -3.10. The molecule has 1 aromatic rings. The predicted octanol–water partition coefficient (Wildman–Crippen LogP) is -0.736. The SMILES string of the molecule is C/C(=N\N=C(N)N)c1cc(N)cc(/C(C)=N/N=C(N)N)c1. The number of nitrogens with two attached hydrogens (primary N) is 5. The predicted molar refractivity (Wildman–Crippen MR) is 86.9 cm³/mol. The lowest BCUT2D eigenvalue weighted by Gasteiger charge is -2.06. The van der Waals surface area contributed by atoms with E-state index in [4.69, 9.17) is 28.7 Å². The Labute approximate surface area is 122 Å². The summed E-state index contributed by atoms with van der Waals surface area (Å²) in [6.45, 7) is 3.51. The maximum absolute atomic E-state index is 5.87. The first-order chi connectivity index (χ1) is 9.79. The molecule has 21 heavy (non-hydrogen) atoms. The summed E-state index contributed by atoms with van der Waals surface area (Å²) in [4.78, 5) is 0. The standard InChI is InChI=1S/C12H19N9/c1-6(18-20-11(14)15)8-3-9(5-10(13)4-8)7(2)19-21-12(16)17/h3-5H,13H2,1-2H3,(H4,14,15,20)(H4,16,17,21)/b18-6+,19-7+. The average Bonchev–Trinajstić information content (AvgIpc) is 2.41. The van der Waals surface area contributed by atoms with E-state index < -0.39 is 0 Å². The van der Waals surface area contributed by atoms with Crippen LogP contribution in [0.4, 0.5) is 5.69 Å². The van der Waals surface area contributed by atoms with Crippen molar-refractivity contribution < 1.29 is 0 Å². The summed E-state index contributed by atoms with van der Waals surface area (Å²) in [5, 5.41) is 15.0. The summed E-state index contributed by atoms with van der Waals surface area (Å²) in [5.74, 6) is -0.243. The molecule has 0 radical (unpaired) electrons. The van der Waals surface area contributed by atoms with Crippen LogP contribution < -0.4 is 28.7 Å². The van der Waals surface area contributed by atoms with Gasteiger partial charge in [0.2, 0.25) is 11.9 Å². The number of hydrogen-bond donors (Lipinski definition) is 5. The van der Waals surface area contributed by atoms with Crippen molar-refractivity contribution in [2.75, 3.05) is 5.73 Å². The van der Waals surface area contributed by atoms with Crippen LogP contribution in [0.15, 0.2) is 38.6 Å². The largest absolute Gasteiger partial charge is 0.399 e. The molecule has 0 heterocycles. The first-order valence-corrected chi connectivity index (χ1v) is 5.97. The van der Waals surface area contributed by atoms with Crippen molar-refractivity contribution in [2.45, 2.75) is 13.8 Å². The fourth-order valence-electron chi connectivity index (χ4n) is 1.45. The highest BCUT2D eigenvalue weighted by Crippen LogP contribution is 2.14. The van der Waals surface area contributed by atoms with Gasteiger partial charge in [-0.2, -0.15) is 10.2 Å². The number of nitrogens with zero attached hydrogens (tertiary/aromatic N) is 4. The summed E-state index contributed by atoms with van der Waals surface area (Å²) >= 11 is 0. The van der Waals surface area contributed by atoms with E-state index in [-0.39, 0.29) is 11.9 Å². The fraction of sp³-hybridized carbons (Fsp3) is 0.167. The highest BCUT2D eigenvalue weighted by molar-refractivity contribution is 6.05. The Bertz CT molecular complexity index is 580. The molecule has 0 aliphatic heterocycles. The van der Waals surface area contributed by atoms with Gasteiger partial charge in [-0.05, 0) is 32.0 Å². The summed E-state index contributed by atoms with van der Waals surface area (Å²) in [7, 11) is 0. The second-order valence-electron chi connectivity index (χ2n) is 4.26. The Morgan fingerprint density at radius 3 is 1.43 bits per heavy atom. The molecule has 0 fully saturated rings. The molecular formula is C12H19N9. The highest BCUT2D eigenvalue weighted by Gasteiger charge is 2.05. The number of hydrogen-bond acceptors (Lipinski definition) is 5. The van der Waals surface area contributed by atoms with Crippen LogP contribution in [0.25, 0.3) is 0 Å². The molecule has 0 amide bonds. The molecule has 0 aliphatic carbocycles. The molecular weight excluding hydrogens is 270 g/mol. The van der Waals surface area contributed by atoms with Crippen molar-refractivity contribution in [1.82, 2.24) is 0 Å². The van der Waals surface area contributed by atoms with Gasteiger partial charge in [-0.25, -0.2) is 0 Å². The lowest BCUT2D eigenvalue weighted by atomic mass is 10.0. The van der Waals surface area contributed by atoms with Gasteiger partial charge in [0.05, 0.1) is 11.4 Å². The van der Waals surface area contributed by atoms with Gasteiger partial charge in [0, 0.05) is 16.8 Å². The quantitative estimate of drug-likeness (QED) is 0.211. The minimum Gasteiger partial charge on any atom is -0.399 e. The molecule has 10 N–H and O–H groups in total. The fourth-order valence-corrected chi connectivity index (χ4v) is 1.45. The first kappa shape index (κ1) is 16.0. The van der Waals surface area contributed by atoms with Crippen molar-refractivity contribution in [3.63, 3.8) is 0 Å². The first-order valence-electron chi connectivity index (χ1n) is 5.97. The number of anilines is 1. The average molecular weight is 289 g/mol. The van der Waals surface area contributed by atoms with Crippen molar-refractivity contribution in [1.29, 1.82) is 0 Å². The number of guanidine groups is 2. The topological polar surface area (TPSA) is 180 Å². The van der Waals surface area contributed by atoms with E-state index in [2.05, 4.69) is 20.4 Å². The molecule has 0 spiro atoms. The smallest absolute Gasteiger partial charge is 0.211 e. The van der Waals surface area contributed by atoms with Crippen LogP contribution in [0.3, 0.4) is 0 Å². The van der Waals surface area contributed by atoms with Crippen molar-refractivity contribution in [3.05, 3.63) is 29.3 Å². The van der Waals surface area contributed by atoms with Gasteiger partial charge in [0.25, 0.3) is 0 Å². The van der Waals surface area contributed by atoms with Crippen LogP contribution in [0.1, 0.15) is 25.0 Å². The van der Waals surface area contributed by atoms with Crippen molar-refractivity contribution >= 4 is 29.0 Å². The van der Waals surface area contributed by atoms with Gasteiger partial charge in [-0.1, -0.05) is 0 Å². The van der Waals surface area contributed by atoms with Crippen LogP contribution in [0.2, 0.25) is 0 Å². The number of benzene rings is 1. The van der Waals surface area contributed by atoms with Crippen molar-refractivity contribution in [2.24, 2.45) is 43.3 Å². The lowest BCUT2D eigenvalue weighted by Crippen LogP contribution is -2.22. The van der Waals surface area contributed by atoms with Gasteiger partial charge >= 0.3 is 0 Å². The maximum Gasteiger partial charge on any atom is 0.211 e. The highest BCUT2D eigenvalue weighted by atomic mass is 15.3. The van der Waals surface area contributed by atoms with Gasteiger partial charge in [0.15, 0.2) is 0 Å². The zero-order valence-corrected chi connectivity index (χ0v) is 11.9. The minimum atomic E-state index is -0.121. The molecule has 0 bridgehead atoms. The molecule has 0 saturated heterocycles. The zero-order chi connectivity index (χ0) is 16.0. The lowest BCUT2D eigenvalue weighted by molar-refractivity contribution is 1.19. The van der Waals surface area contributed by atoms with E-state index >= 15 is 0 Å². The molecule has 0 aliphatic rings. The molecule has 9 nitrogen and oxygen atoms in total. The summed E-state index contributed by atoms with van der Waals surface area (Å²) in [6, 6.07) is 5.33. The Balaban J connectivity index is 3.22. The molecule has 0 atom stereocenters. The summed E-state index contributed by atoms with van der Waals surface area (Å²) in [5.41, 5.74) is 30.1. The van der Waals surface area contributed by atoms with Crippen LogP contribution in [0.5, 0.6) is 0 Å². The zero-order valence-electron chi connectivity index (χ0n) is 11.9. The number of nitrogen functional groups attached to an aromatic ring is 1. The molecule has 0 aromatic heterocycles. The van der Waals surface area contributed by atoms with Gasteiger partial charge in [0.1, 0.15) is 0 Å². The summed E-state index contributed by atoms with van der Waals surface area (Å²) < 4.78 is 0. The van der Waals surface area contributed by atoms with Crippen LogP contribution in [0, 0.1) is 0 Å². The molecule has 0 saturated carbocycles. The van der Waals surface area contributed by atoms with Gasteiger partial charge in [-0.3, -0.25) is 0 Å². The Kier molecular flexibility index (Phi) is 5.24. The maximum atomic E-state index is 5.87. The third-order valence-corrected chi connectivity index (χ3v) is 2.42. The summed E-state index contributed by atoms with van der Waals surface area (Å²) in [6.07, 6.45) is 0. The second kappa shape index (κ2) is 6.89. The Morgan fingerprint density at radius 2 is 1.10 bits per heavy atom. The molecule has 0 unspecified atom stereocenters. The van der Waals surface area contributed by atoms with E-state index in [0.29, 0.717) is 17.1 Å². The van der Waals surface area contributed by atoms with Crippen molar-refractivity contribution in [3.8, 4) is 0 Å². The normalized spacial score (nSPS) is 11.9. The van der Waals surface area contributed by atoms with Crippen LogP contribution in [-0.2, 0) is 0 Å². The van der Waals surface area contributed by atoms with E-state index in [1.54, 1.807) is 26.0 Å². The van der Waals surface area contributed by atoms with E-state index in [0.717, 1.165) is 11.1 Å². The monoisotopic (exact) mass is 289 g/mol.